The molecule has 0 bridgehead atoms. The van der Waals surface area contributed by atoms with Crippen LogP contribution >= 0.6 is 0 Å². The lowest BCUT2D eigenvalue weighted by atomic mass is 10.0. The number of H-pyrrole nitrogens is 1. The normalized spacial score (nSPS) is 19.2. The first-order valence-corrected chi connectivity index (χ1v) is 8.68. The molecule has 4 aromatic rings. The molecular formula is C20H16N4O3. The number of aromatic amines is 1. The van der Waals surface area contributed by atoms with Crippen LogP contribution in [0.3, 0.4) is 0 Å². The van der Waals surface area contributed by atoms with Crippen LogP contribution in [0, 0.1) is 0 Å². The van der Waals surface area contributed by atoms with Crippen LogP contribution in [0.15, 0.2) is 59.5 Å². The second-order valence-corrected chi connectivity index (χ2v) is 6.65. The van der Waals surface area contributed by atoms with E-state index in [2.05, 4.69) is 15.3 Å². The highest BCUT2D eigenvalue weighted by molar-refractivity contribution is 5.87. The van der Waals surface area contributed by atoms with Crippen LogP contribution in [-0.2, 0) is 11.2 Å². The van der Waals surface area contributed by atoms with Gasteiger partial charge < -0.3 is 15.4 Å². The number of carbonyl (C=O) groups excluding carboxylic acids is 1. The van der Waals surface area contributed by atoms with E-state index in [1.165, 1.54) is 4.57 Å². The van der Waals surface area contributed by atoms with Crippen molar-refractivity contribution < 1.29 is 9.90 Å². The lowest BCUT2D eigenvalue weighted by Crippen LogP contribution is -2.48. The molecule has 2 aromatic heterocycles. The van der Waals surface area contributed by atoms with Crippen LogP contribution in [0.2, 0.25) is 0 Å². The van der Waals surface area contributed by atoms with E-state index in [9.17, 15) is 14.7 Å². The van der Waals surface area contributed by atoms with E-state index in [0.29, 0.717) is 17.3 Å². The Balaban J connectivity index is 1.70. The number of para-hydroxylation sites is 2. The van der Waals surface area contributed by atoms with E-state index in [-0.39, 0.29) is 11.4 Å². The summed E-state index contributed by atoms with van der Waals surface area (Å²) < 4.78 is 1.33. The van der Waals surface area contributed by atoms with E-state index in [4.69, 9.17) is 0 Å². The molecular weight excluding hydrogens is 344 g/mol. The van der Waals surface area contributed by atoms with E-state index in [1.807, 2.05) is 30.5 Å². The van der Waals surface area contributed by atoms with Crippen molar-refractivity contribution in [3.05, 3.63) is 76.5 Å². The number of aliphatic hydroxyl groups excluding tert-OH is 1. The van der Waals surface area contributed by atoms with Gasteiger partial charge in [-0.1, -0.05) is 30.3 Å². The van der Waals surface area contributed by atoms with Crippen molar-refractivity contribution >= 4 is 27.7 Å². The third kappa shape index (κ3) is 2.36. The van der Waals surface area contributed by atoms with Gasteiger partial charge in [-0.25, -0.2) is 4.98 Å². The minimum atomic E-state index is -1.31. The van der Waals surface area contributed by atoms with Crippen LogP contribution < -0.4 is 10.9 Å². The maximum atomic E-state index is 13.1. The average Bonchev–Trinajstić information content (AvgIpc) is 3.08. The molecule has 0 spiro atoms. The Morgan fingerprint density at radius 2 is 1.78 bits per heavy atom. The van der Waals surface area contributed by atoms with Gasteiger partial charge in [0.25, 0.3) is 5.56 Å². The molecule has 7 nitrogen and oxygen atoms in total. The van der Waals surface area contributed by atoms with Crippen LogP contribution in [0.25, 0.3) is 21.8 Å². The van der Waals surface area contributed by atoms with Gasteiger partial charge in [-0.2, -0.15) is 0 Å². The topological polar surface area (TPSA) is 100 Å². The highest BCUT2D eigenvalue weighted by Gasteiger charge is 2.35. The van der Waals surface area contributed by atoms with Crippen molar-refractivity contribution in [2.45, 2.75) is 18.7 Å². The summed E-state index contributed by atoms with van der Waals surface area (Å²) in [5, 5.41) is 14.2. The Kier molecular flexibility index (Phi) is 3.38. The zero-order valence-corrected chi connectivity index (χ0v) is 14.2. The molecule has 2 aromatic carbocycles. The lowest BCUT2D eigenvalue weighted by Gasteiger charge is -2.30. The number of nitrogens with one attached hydrogen (secondary N) is 2. The second-order valence-electron chi connectivity index (χ2n) is 6.65. The minimum absolute atomic E-state index is 0.156. The van der Waals surface area contributed by atoms with Crippen molar-refractivity contribution in [3.63, 3.8) is 0 Å². The molecule has 5 rings (SSSR count). The van der Waals surface area contributed by atoms with Crippen LogP contribution in [0.4, 0.5) is 0 Å². The van der Waals surface area contributed by atoms with E-state index < -0.39 is 18.2 Å². The van der Waals surface area contributed by atoms with Gasteiger partial charge in [-0.3, -0.25) is 14.2 Å². The summed E-state index contributed by atoms with van der Waals surface area (Å²) in [5.74, 6) is -0.248. The number of aliphatic hydroxyl groups is 1. The first-order chi connectivity index (χ1) is 13.1. The summed E-state index contributed by atoms with van der Waals surface area (Å²) in [5.41, 5.74) is 2.06. The van der Waals surface area contributed by atoms with Gasteiger partial charge in [0.05, 0.1) is 10.9 Å². The van der Waals surface area contributed by atoms with Gasteiger partial charge in [0.2, 0.25) is 5.91 Å². The van der Waals surface area contributed by atoms with Crippen molar-refractivity contribution in [3.8, 4) is 0 Å². The summed E-state index contributed by atoms with van der Waals surface area (Å²) in [4.78, 5) is 33.3. The molecule has 0 saturated heterocycles. The van der Waals surface area contributed by atoms with E-state index in [1.54, 1.807) is 24.3 Å². The molecule has 7 heteroatoms. The van der Waals surface area contributed by atoms with Crippen LogP contribution in [0.5, 0.6) is 0 Å². The van der Waals surface area contributed by atoms with Gasteiger partial charge >= 0.3 is 0 Å². The summed E-state index contributed by atoms with van der Waals surface area (Å²) in [7, 11) is 0. The molecule has 1 amide bonds. The Morgan fingerprint density at radius 1 is 1.04 bits per heavy atom. The quantitative estimate of drug-likeness (QED) is 0.507. The van der Waals surface area contributed by atoms with Gasteiger partial charge in [0, 0.05) is 23.5 Å². The third-order valence-electron chi connectivity index (χ3n) is 5.06. The minimum Gasteiger partial charge on any atom is -0.367 e. The maximum absolute atomic E-state index is 13.1. The van der Waals surface area contributed by atoms with Crippen molar-refractivity contribution in [2.24, 2.45) is 0 Å². The Hall–Kier alpha value is -3.45. The molecule has 27 heavy (non-hydrogen) atoms. The van der Waals surface area contributed by atoms with Crippen molar-refractivity contribution in [1.82, 2.24) is 19.9 Å². The molecule has 3 heterocycles. The van der Waals surface area contributed by atoms with E-state index in [0.717, 1.165) is 16.5 Å². The fraction of sp³-hybridized carbons (Fsp3) is 0.150. The number of hydrogen-bond donors (Lipinski definition) is 3. The average molecular weight is 360 g/mol. The third-order valence-corrected chi connectivity index (χ3v) is 5.06. The number of carbonyl (C=O) groups is 1. The molecule has 0 aliphatic carbocycles. The number of fused-ring (bicyclic) bond motifs is 3. The SMILES string of the molecule is O=C1NC(O)c2nc3ccccc3c(=O)n2C1Cc1c[nH]c2ccccc12. The number of aromatic nitrogens is 3. The monoisotopic (exact) mass is 360 g/mol. The van der Waals surface area contributed by atoms with Crippen LogP contribution in [0.1, 0.15) is 23.7 Å². The van der Waals surface area contributed by atoms with E-state index >= 15 is 0 Å². The summed E-state index contributed by atoms with van der Waals surface area (Å²) in [6.45, 7) is 0. The number of rotatable bonds is 2. The highest BCUT2D eigenvalue weighted by Crippen LogP contribution is 2.27. The maximum Gasteiger partial charge on any atom is 0.262 e. The van der Waals surface area contributed by atoms with Gasteiger partial charge in [0.1, 0.15) is 6.04 Å². The first kappa shape index (κ1) is 15.8. The van der Waals surface area contributed by atoms with Crippen molar-refractivity contribution in [2.75, 3.05) is 0 Å². The van der Waals surface area contributed by atoms with Crippen LogP contribution in [-0.4, -0.2) is 25.5 Å². The van der Waals surface area contributed by atoms with Gasteiger partial charge in [-0.15, -0.1) is 0 Å². The highest BCUT2D eigenvalue weighted by atomic mass is 16.3. The molecule has 3 N–H and O–H groups in total. The Labute approximate surface area is 153 Å². The van der Waals surface area contributed by atoms with Crippen molar-refractivity contribution in [1.29, 1.82) is 0 Å². The van der Waals surface area contributed by atoms with Gasteiger partial charge in [-0.05, 0) is 23.8 Å². The summed E-state index contributed by atoms with van der Waals surface area (Å²) in [6.07, 6.45) is 0.853. The first-order valence-electron chi connectivity index (χ1n) is 8.68. The number of nitrogens with zero attached hydrogens (tertiary/aromatic N) is 2. The molecule has 1 aliphatic heterocycles. The predicted octanol–water partition coefficient (Wildman–Crippen LogP) is 1.78. The molecule has 2 unspecified atom stereocenters. The smallest absolute Gasteiger partial charge is 0.262 e. The number of hydrogen-bond acceptors (Lipinski definition) is 4. The molecule has 134 valence electrons. The Bertz CT molecular complexity index is 1260. The molecule has 0 saturated carbocycles. The van der Waals surface area contributed by atoms with Gasteiger partial charge in [0.15, 0.2) is 12.1 Å². The molecule has 1 aliphatic rings. The lowest BCUT2D eigenvalue weighted by molar-refractivity contribution is -0.130. The summed E-state index contributed by atoms with van der Waals surface area (Å²) in [6, 6.07) is 13.9. The Morgan fingerprint density at radius 3 is 2.63 bits per heavy atom. The fourth-order valence-corrected chi connectivity index (χ4v) is 3.76. The second kappa shape index (κ2) is 5.78. The zero-order valence-electron chi connectivity index (χ0n) is 14.2. The predicted molar refractivity (Wildman–Crippen MR) is 100 cm³/mol. The summed E-state index contributed by atoms with van der Waals surface area (Å²) >= 11 is 0. The fourth-order valence-electron chi connectivity index (χ4n) is 3.76. The molecule has 0 fully saturated rings. The zero-order chi connectivity index (χ0) is 18.5. The molecule has 2 atom stereocenters. The number of amides is 1. The number of benzene rings is 2. The molecule has 0 radical (unpaired) electrons. The standard InChI is InChI=1S/C20H16N4O3/c25-18-16(9-11-10-21-14-7-3-1-5-12(11)14)24-17(19(26)23-18)22-15-8-4-2-6-13(15)20(24)27/h1-8,10,16,19,21,26H,9H2,(H,23,25). The largest absolute Gasteiger partial charge is 0.367 e.